The lowest BCUT2D eigenvalue weighted by molar-refractivity contribution is 0.198. The molecule has 8 nitrogen and oxygen atoms in total. The average Bonchev–Trinajstić information content (AvgIpc) is 3.36. The molecule has 0 aliphatic carbocycles. The molecule has 2 N–H and O–H groups in total. The lowest BCUT2D eigenvalue weighted by Gasteiger charge is -2.16. The van der Waals surface area contributed by atoms with Crippen molar-refractivity contribution in [1.82, 2.24) is 15.1 Å². The fourth-order valence-corrected chi connectivity index (χ4v) is 3.11. The van der Waals surface area contributed by atoms with E-state index in [0.717, 1.165) is 30.1 Å². The molecule has 4 rings (SSSR count). The van der Waals surface area contributed by atoms with E-state index < -0.39 is 0 Å². The number of nitrogens with zero attached hydrogens (tertiary/aromatic N) is 4. The van der Waals surface area contributed by atoms with E-state index in [0.29, 0.717) is 30.5 Å². The average molecular weight is 367 g/mol. The van der Waals surface area contributed by atoms with Crippen LogP contribution in [0.1, 0.15) is 12.2 Å². The molecular weight excluding hydrogens is 346 g/mol. The van der Waals surface area contributed by atoms with Gasteiger partial charge >= 0.3 is 0 Å². The molecule has 0 radical (unpaired) electrons. The maximum atomic E-state index is 9.69. The SMILES string of the molecule is COc1ccccc1-c1cc(CNc2nccc(N3CCC(O)C3)n2)on1. The summed E-state index contributed by atoms with van der Waals surface area (Å²) >= 11 is 0. The Bertz CT molecular complexity index is 914. The summed E-state index contributed by atoms with van der Waals surface area (Å²) in [7, 11) is 1.63. The van der Waals surface area contributed by atoms with E-state index in [9.17, 15) is 5.11 Å². The largest absolute Gasteiger partial charge is 0.496 e. The molecule has 1 saturated heterocycles. The van der Waals surface area contributed by atoms with Crippen LogP contribution in [-0.4, -0.2) is 46.5 Å². The molecule has 1 aliphatic heterocycles. The van der Waals surface area contributed by atoms with Crippen LogP contribution in [0.5, 0.6) is 5.75 Å². The van der Waals surface area contributed by atoms with E-state index in [1.54, 1.807) is 13.3 Å². The summed E-state index contributed by atoms with van der Waals surface area (Å²) in [6, 6.07) is 11.4. The lowest BCUT2D eigenvalue weighted by Crippen LogP contribution is -2.22. The number of methoxy groups -OCH3 is 1. The van der Waals surface area contributed by atoms with Crippen molar-refractivity contribution in [2.24, 2.45) is 0 Å². The van der Waals surface area contributed by atoms with Gasteiger partial charge in [-0.25, -0.2) is 4.98 Å². The van der Waals surface area contributed by atoms with Crippen molar-refractivity contribution in [3.8, 4) is 17.0 Å². The van der Waals surface area contributed by atoms with E-state index in [-0.39, 0.29) is 6.10 Å². The molecule has 1 aromatic carbocycles. The molecule has 2 aromatic heterocycles. The first-order valence-electron chi connectivity index (χ1n) is 8.82. The molecule has 8 heteroatoms. The molecule has 1 fully saturated rings. The molecule has 3 heterocycles. The van der Waals surface area contributed by atoms with Crippen LogP contribution in [-0.2, 0) is 6.54 Å². The Morgan fingerprint density at radius 3 is 3.04 bits per heavy atom. The number of benzene rings is 1. The number of rotatable bonds is 6. The Kier molecular flexibility index (Phi) is 4.88. The number of ether oxygens (including phenoxy) is 1. The monoisotopic (exact) mass is 367 g/mol. The quantitative estimate of drug-likeness (QED) is 0.685. The van der Waals surface area contributed by atoms with Crippen molar-refractivity contribution in [3.63, 3.8) is 0 Å². The Balaban J connectivity index is 1.43. The van der Waals surface area contributed by atoms with E-state index in [2.05, 4.69) is 20.4 Å². The number of anilines is 2. The Morgan fingerprint density at radius 1 is 1.33 bits per heavy atom. The van der Waals surface area contributed by atoms with Gasteiger partial charge in [0.2, 0.25) is 5.95 Å². The second kappa shape index (κ2) is 7.63. The molecule has 27 heavy (non-hydrogen) atoms. The zero-order valence-electron chi connectivity index (χ0n) is 15.0. The molecule has 0 saturated carbocycles. The third-order valence-electron chi connectivity index (χ3n) is 4.49. The molecule has 1 atom stereocenters. The molecule has 0 bridgehead atoms. The van der Waals surface area contributed by atoms with Crippen molar-refractivity contribution in [2.75, 3.05) is 30.4 Å². The number of aliphatic hydroxyl groups is 1. The van der Waals surface area contributed by atoms with Crippen molar-refractivity contribution >= 4 is 11.8 Å². The van der Waals surface area contributed by atoms with Crippen LogP contribution in [0.2, 0.25) is 0 Å². The minimum Gasteiger partial charge on any atom is -0.496 e. The number of aromatic nitrogens is 3. The first-order valence-corrected chi connectivity index (χ1v) is 8.82. The number of nitrogens with one attached hydrogen (secondary N) is 1. The Labute approximate surface area is 156 Å². The molecule has 0 amide bonds. The maximum Gasteiger partial charge on any atom is 0.224 e. The molecule has 1 aliphatic rings. The van der Waals surface area contributed by atoms with E-state index in [4.69, 9.17) is 9.26 Å². The van der Waals surface area contributed by atoms with E-state index >= 15 is 0 Å². The number of para-hydroxylation sites is 1. The zero-order valence-corrected chi connectivity index (χ0v) is 15.0. The summed E-state index contributed by atoms with van der Waals surface area (Å²) in [4.78, 5) is 10.8. The normalized spacial score (nSPS) is 16.5. The van der Waals surface area contributed by atoms with Crippen LogP contribution >= 0.6 is 0 Å². The van der Waals surface area contributed by atoms with Crippen LogP contribution < -0.4 is 15.0 Å². The predicted octanol–water partition coefficient (Wildman–Crippen LogP) is 2.32. The van der Waals surface area contributed by atoms with Gasteiger partial charge in [0, 0.05) is 30.9 Å². The lowest BCUT2D eigenvalue weighted by atomic mass is 10.1. The van der Waals surface area contributed by atoms with Gasteiger partial charge in [-0.15, -0.1) is 0 Å². The third kappa shape index (κ3) is 3.85. The van der Waals surface area contributed by atoms with Gasteiger partial charge in [0.25, 0.3) is 0 Å². The third-order valence-corrected chi connectivity index (χ3v) is 4.49. The highest BCUT2D eigenvalue weighted by Gasteiger charge is 2.21. The van der Waals surface area contributed by atoms with Crippen molar-refractivity contribution < 1.29 is 14.4 Å². The fourth-order valence-electron chi connectivity index (χ4n) is 3.11. The van der Waals surface area contributed by atoms with Gasteiger partial charge in [0.15, 0.2) is 5.76 Å². The second-order valence-corrected chi connectivity index (χ2v) is 6.36. The van der Waals surface area contributed by atoms with E-state index in [1.165, 1.54) is 0 Å². The number of hydrogen-bond acceptors (Lipinski definition) is 8. The van der Waals surface area contributed by atoms with Gasteiger partial charge in [-0.05, 0) is 24.6 Å². The van der Waals surface area contributed by atoms with Crippen LogP contribution in [0, 0.1) is 0 Å². The summed E-state index contributed by atoms with van der Waals surface area (Å²) in [5.41, 5.74) is 1.59. The number of hydrogen-bond donors (Lipinski definition) is 2. The smallest absolute Gasteiger partial charge is 0.224 e. The summed E-state index contributed by atoms with van der Waals surface area (Å²) in [6.45, 7) is 1.80. The van der Waals surface area contributed by atoms with Crippen LogP contribution in [0.25, 0.3) is 11.3 Å². The zero-order chi connectivity index (χ0) is 18.6. The fraction of sp³-hybridized carbons (Fsp3) is 0.316. The van der Waals surface area contributed by atoms with Crippen molar-refractivity contribution in [2.45, 2.75) is 19.1 Å². The van der Waals surface area contributed by atoms with Crippen molar-refractivity contribution in [3.05, 3.63) is 48.4 Å². The first kappa shape index (κ1) is 17.3. The minimum absolute atomic E-state index is 0.293. The first-order chi connectivity index (χ1) is 13.2. The highest BCUT2D eigenvalue weighted by atomic mass is 16.5. The molecule has 1 unspecified atom stereocenters. The topological polar surface area (TPSA) is 96.5 Å². The molecular formula is C19H21N5O3. The highest BCUT2D eigenvalue weighted by molar-refractivity contribution is 5.66. The van der Waals surface area contributed by atoms with E-state index in [1.807, 2.05) is 41.3 Å². The molecule has 140 valence electrons. The summed E-state index contributed by atoms with van der Waals surface area (Å²) in [6.07, 6.45) is 2.17. The van der Waals surface area contributed by atoms with Crippen LogP contribution in [0.4, 0.5) is 11.8 Å². The van der Waals surface area contributed by atoms with Gasteiger partial charge in [-0.1, -0.05) is 17.3 Å². The Morgan fingerprint density at radius 2 is 2.22 bits per heavy atom. The van der Waals surface area contributed by atoms with Crippen LogP contribution in [0.15, 0.2) is 47.1 Å². The van der Waals surface area contributed by atoms with Gasteiger partial charge in [-0.3, -0.25) is 0 Å². The molecule has 0 spiro atoms. The molecule has 3 aromatic rings. The summed E-state index contributed by atoms with van der Waals surface area (Å²) in [5.74, 6) is 2.72. The maximum absolute atomic E-state index is 9.69. The number of aliphatic hydroxyl groups excluding tert-OH is 1. The summed E-state index contributed by atoms with van der Waals surface area (Å²) < 4.78 is 10.8. The van der Waals surface area contributed by atoms with Crippen molar-refractivity contribution in [1.29, 1.82) is 0 Å². The second-order valence-electron chi connectivity index (χ2n) is 6.36. The number of β-amino-alcohol motifs (C(OH)–C–C–N with tert-alkyl or cyclic N) is 1. The Hall–Kier alpha value is -3.13. The minimum atomic E-state index is -0.293. The van der Waals surface area contributed by atoms with Gasteiger partial charge in [0.05, 0.1) is 19.8 Å². The van der Waals surface area contributed by atoms with Gasteiger partial charge < -0.3 is 24.6 Å². The predicted molar refractivity (Wildman–Crippen MR) is 101 cm³/mol. The highest BCUT2D eigenvalue weighted by Crippen LogP contribution is 2.29. The van der Waals surface area contributed by atoms with Gasteiger partial charge in [0.1, 0.15) is 17.3 Å². The summed E-state index contributed by atoms with van der Waals surface area (Å²) in [5, 5.41) is 17.0. The van der Waals surface area contributed by atoms with Gasteiger partial charge in [-0.2, -0.15) is 4.98 Å². The standard InChI is InChI=1S/C19H21N5O3/c1-26-17-5-3-2-4-15(17)16-10-14(27-23-16)11-21-19-20-8-6-18(22-19)24-9-7-13(25)12-24/h2-6,8,10,13,25H,7,9,11-12H2,1H3,(H,20,21,22). The van der Waals surface area contributed by atoms with Crippen LogP contribution in [0.3, 0.4) is 0 Å².